The zero-order valence-corrected chi connectivity index (χ0v) is 10.6. The highest BCUT2D eigenvalue weighted by Crippen LogP contribution is 2.30. The molecule has 1 fully saturated rings. The summed E-state index contributed by atoms with van der Waals surface area (Å²) in [4.78, 5) is 22.9. The van der Waals surface area contributed by atoms with E-state index in [2.05, 4.69) is 10.6 Å². The average molecular weight is 242 g/mol. The minimum atomic E-state index is -0.870. The van der Waals surface area contributed by atoms with E-state index >= 15 is 0 Å². The summed E-state index contributed by atoms with van der Waals surface area (Å²) < 4.78 is 0. The number of rotatable bonds is 4. The number of carbonyl (C=O) groups is 2. The lowest BCUT2D eigenvalue weighted by Gasteiger charge is -2.31. The molecular formula is C12H22N2O3. The van der Waals surface area contributed by atoms with E-state index < -0.39 is 11.6 Å². The van der Waals surface area contributed by atoms with Crippen molar-refractivity contribution in [2.45, 2.75) is 57.1 Å². The fraction of sp³-hybridized carbons (Fsp3) is 0.833. The molecular weight excluding hydrogens is 220 g/mol. The molecule has 2 amide bonds. The van der Waals surface area contributed by atoms with Gasteiger partial charge in [-0.25, -0.2) is 0 Å². The molecule has 0 heterocycles. The van der Waals surface area contributed by atoms with Crippen LogP contribution in [0.15, 0.2) is 0 Å². The van der Waals surface area contributed by atoms with Crippen molar-refractivity contribution < 1.29 is 14.7 Å². The van der Waals surface area contributed by atoms with Crippen LogP contribution in [0.1, 0.15) is 45.4 Å². The van der Waals surface area contributed by atoms with Gasteiger partial charge in [-0.1, -0.05) is 19.3 Å². The summed E-state index contributed by atoms with van der Waals surface area (Å²) in [6.45, 7) is 1.63. The van der Waals surface area contributed by atoms with Gasteiger partial charge in [0.05, 0.1) is 12.0 Å². The molecule has 5 nitrogen and oxygen atoms in total. The topological polar surface area (TPSA) is 78.4 Å². The van der Waals surface area contributed by atoms with E-state index in [4.69, 9.17) is 0 Å². The number of hydrogen-bond acceptors (Lipinski definition) is 3. The number of aliphatic hydroxyl groups is 1. The van der Waals surface area contributed by atoms with Crippen LogP contribution >= 0.6 is 0 Å². The average Bonchev–Trinajstić information content (AvgIpc) is 2.27. The Morgan fingerprint density at radius 3 is 2.41 bits per heavy atom. The van der Waals surface area contributed by atoms with Crippen molar-refractivity contribution in [1.82, 2.24) is 10.6 Å². The van der Waals surface area contributed by atoms with Crippen molar-refractivity contribution in [2.75, 3.05) is 7.05 Å². The predicted molar refractivity (Wildman–Crippen MR) is 64.3 cm³/mol. The molecule has 0 saturated heterocycles. The van der Waals surface area contributed by atoms with Crippen LogP contribution in [0.2, 0.25) is 0 Å². The van der Waals surface area contributed by atoms with Crippen LogP contribution in [0.25, 0.3) is 0 Å². The van der Waals surface area contributed by atoms with E-state index in [0.717, 1.165) is 19.3 Å². The Labute approximate surface area is 102 Å². The molecule has 98 valence electrons. The first-order valence-corrected chi connectivity index (χ1v) is 6.20. The highest BCUT2D eigenvalue weighted by atomic mass is 16.3. The third-order valence-corrected chi connectivity index (χ3v) is 3.29. The second-order valence-electron chi connectivity index (χ2n) is 4.87. The van der Waals surface area contributed by atoms with Gasteiger partial charge in [-0.3, -0.25) is 9.59 Å². The van der Waals surface area contributed by atoms with Crippen LogP contribution in [0.5, 0.6) is 0 Å². The third-order valence-electron chi connectivity index (χ3n) is 3.29. The highest BCUT2D eigenvalue weighted by Gasteiger charge is 2.32. The van der Waals surface area contributed by atoms with Crippen molar-refractivity contribution in [3.63, 3.8) is 0 Å². The summed E-state index contributed by atoms with van der Waals surface area (Å²) in [5.74, 6) is -0.487. The van der Waals surface area contributed by atoms with Gasteiger partial charge < -0.3 is 15.7 Å². The van der Waals surface area contributed by atoms with E-state index in [-0.39, 0.29) is 18.2 Å². The number of nitrogens with one attached hydrogen (secondary N) is 2. The molecule has 1 aliphatic carbocycles. The molecule has 17 heavy (non-hydrogen) atoms. The van der Waals surface area contributed by atoms with Gasteiger partial charge in [0.15, 0.2) is 0 Å². The highest BCUT2D eigenvalue weighted by molar-refractivity contribution is 5.87. The number of amides is 2. The van der Waals surface area contributed by atoms with Gasteiger partial charge in [0, 0.05) is 7.05 Å². The Bertz CT molecular complexity index is 285. The van der Waals surface area contributed by atoms with Gasteiger partial charge in [0.1, 0.15) is 6.04 Å². The molecule has 0 aromatic heterocycles. The van der Waals surface area contributed by atoms with Crippen molar-refractivity contribution in [2.24, 2.45) is 0 Å². The van der Waals surface area contributed by atoms with Gasteiger partial charge in [-0.05, 0) is 19.8 Å². The smallest absolute Gasteiger partial charge is 0.242 e. The van der Waals surface area contributed by atoms with E-state index in [1.54, 1.807) is 6.92 Å². The van der Waals surface area contributed by atoms with E-state index in [9.17, 15) is 14.7 Å². The summed E-state index contributed by atoms with van der Waals surface area (Å²) in [7, 11) is 1.53. The molecule has 1 aliphatic rings. The molecule has 0 spiro atoms. The fourth-order valence-electron chi connectivity index (χ4n) is 2.26. The quantitative estimate of drug-likeness (QED) is 0.664. The molecule has 5 heteroatoms. The standard InChI is InChI=1S/C12H22N2O3/c1-9(11(16)13-2)14-10(15)8-12(17)6-4-3-5-7-12/h9,17H,3-8H2,1-2H3,(H,13,16)(H,14,15)/t9-/m1/s1. The van der Waals surface area contributed by atoms with E-state index in [1.807, 2.05) is 0 Å². The summed E-state index contributed by atoms with van der Waals surface area (Å²) in [5, 5.41) is 15.2. The van der Waals surface area contributed by atoms with Crippen molar-refractivity contribution in [3.8, 4) is 0 Å². The lowest BCUT2D eigenvalue weighted by molar-refractivity contribution is -0.132. The zero-order valence-electron chi connectivity index (χ0n) is 10.6. The lowest BCUT2D eigenvalue weighted by atomic mass is 9.82. The minimum Gasteiger partial charge on any atom is -0.389 e. The normalized spacial score (nSPS) is 20.4. The molecule has 1 rings (SSSR count). The summed E-state index contributed by atoms with van der Waals surface area (Å²) in [5.41, 5.74) is -0.870. The van der Waals surface area contributed by atoms with Crippen molar-refractivity contribution in [1.29, 1.82) is 0 Å². The minimum absolute atomic E-state index is 0.0916. The fourth-order valence-corrected chi connectivity index (χ4v) is 2.26. The van der Waals surface area contributed by atoms with Crippen LogP contribution in [-0.4, -0.2) is 35.6 Å². The van der Waals surface area contributed by atoms with Gasteiger partial charge in [-0.2, -0.15) is 0 Å². The molecule has 0 radical (unpaired) electrons. The number of hydrogen-bond donors (Lipinski definition) is 3. The zero-order chi connectivity index (χ0) is 12.9. The van der Waals surface area contributed by atoms with Crippen LogP contribution in [-0.2, 0) is 9.59 Å². The summed E-state index contributed by atoms with van der Waals surface area (Å²) in [6.07, 6.45) is 4.50. The maximum Gasteiger partial charge on any atom is 0.242 e. The van der Waals surface area contributed by atoms with Gasteiger partial charge >= 0.3 is 0 Å². The predicted octanol–water partition coefficient (Wildman–Crippen LogP) is 0.322. The first kappa shape index (κ1) is 14.0. The monoisotopic (exact) mass is 242 g/mol. The molecule has 0 unspecified atom stereocenters. The van der Waals surface area contributed by atoms with Gasteiger partial charge in [0.2, 0.25) is 11.8 Å². The Balaban J connectivity index is 2.40. The summed E-state index contributed by atoms with van der Waals surface area (Å²) >= 11 is 0. The van der Waals surface area contributed by atoms with Crippen LogP contribution in [0.4, 0.5) is 0 Å². The van der Waals surface area contributed by atoms with E-state index in [1.165, 1.54) is 7.05 Å². The Hall–Kier alpha value is -1.10. The van der Waals surface area contributed by atoms with Crippen LogP contribution in [0.3, 0.4) is 0 Å². The van der Waals surface area contributed by atoms with Crippen molar-refractivity contribution in [3.05, 3.63) is 0 Å². The van der Waals surface area contributed by atoms with Crippen molar-refractivity contribution >= 4 is 11.8 Å². The Kier molecular flexibility index (Phi) is 4.93. The number of likely N-dealkylation sites (N-methyl/N-ethyl adjacent to an activating group) is 1. The van der Waals surface area contributed by atoms with Crippen LogP contribution in [0, 0.1) is 0 Å². The summed E-state index contributed by atoms with van der Waals surface area (Å²) in [6, 6.07) is -0.556. The maximum absolute atomic E-state index is 11.7. The van der Waals surface area contributed by atoms with E-state index in [0.29, 0.717) is 12.8 Å². The Morgan fingerprint density at radius 2 is 1.88 bits per heavy atom. The molecule has 3 N–H and O–H groups in total. The second-order valence-corrected chi connectivity index (χ2v) is 4.87. The maximum atomic E-state index is 11.7. The number of carbonyl (C=O) groups excluding carboxylic acids is 2. The molecule has 1 saturated carbocycles. The first-order valence-electron chi connectivity index (χ1n) is 6.20. The second kappa shape index (κ2) is 6.00. The molecule has 0 aliphatic heterocycles. The SMILES string of the molecule is CNC(=O)[C@@H](C)NC(=O)CC1(O)CCCCC1. The first-order chi connectivity index (χ1) is 7.97. The largest absolute Gasteiger partial charge is 0.389 e. The molecule has 0 aromatic carbocycles. The molecule has 0 aromatic rings. The third kappa shape index (κ3) is 4.34. The molecule has 1 atom stereocenters. The molecule has 0 bridgehead atoms. The van der Waals surface area contributed by atoms with Crippen LogP contribution < -0.4 is 10.6 Å². The Morgan fingerprint density at radius 1 is 1.29 bits per heavy atom. The van der Waals surface area contributed by atoms with Gasteiger partial charge in [-0.15, -0.1) is 0 Å². The van der Waals surface area contributed by atoms with Gasteiger partial charge in [0.25, 0.3) is 0 Å². The lowest BCUT2D eigenvalue weighted by Crippen LogP contribution is -2.46.